The van der Waals surface area contributed by atoms with Gasteiger partial charge in [0.25, 0.3) is 0 Å². The molecule has 0 aromatic rings. The second-order valence-corrected chi connectivity index (χ2v) is 5.67. The lowest BCUT2D eigenvalue weighted by Gasteiger charge is -2.11. The minimum absolute atomic E-state index is 0.837. The predicted molar refractivity (Wildman–Crippen MR) is 67.0 cm³/mol. The zero-order valence-corrected chi connectivity index (χ0v) is 10.5. The Kier molecular flexibility index (Phi) is 6.70. The molecule has 1 saturated carbocycles. The summed E-state index contributed by atoms with van der Waals surface area (Å²) in [5.74, 6) is 3.68. The summed E-state index contributed by atoms with van der Waals surface area (Å²) in [5.41, 5.74) is 0. The van der Waals surface area contributed by atoms with E-state index in [2.05, 4.69) is 30.9 Å². The third-order valence-electron chi connectivity index (χ3n) is 3.14. The molecule has 2 unspecified atom stereocenters. The molecule has 1 N–H and O–H groups in total. The van der Waals surface area contributed by atoms with Crippen molar-refractivity contribution in [2.75, 3.05) is 18.1 Å². The van der Waals surface area contributed by atoms with Crippen LogP contribution in [0.5, 0.6) is 0 Å². The summed E-state index contributed by atoms with van der Waals surface area (Å²) in [6.07, 6.45) is 7.22. The molecule has 84 valence electrons. The lowest BCUT2D eigenvalue weighted by molar-refractivity contribution is 0.467. The molecule has 0 radical (unpaired) electrons. The van der Waals surface area contributed by atoms with Gasteiger partial charge in [0.15, 0.2) is 0 Å². The molecule has 0 aromatic carbocycles. The third kappa shape index (κ3) is 4.70. The number of rotatable bonds is 7. The molecule has 0 heterocycles. The predicted octanol–water partition coefficient (Wildman–Crippen LogP) is 3.30. The topological polar surface area (TPSA) is 12.0 Å². The Morgan fingerprint density at radius 1 is 1.29 bits per heavy atom. The van der Waals surface area contributed by atoms with Gasteiger partial charge in [-0.3, -0.25) is 0 Å². The van der Waals surface area contributed by atoms with Gasteiger partial charge in [-0.1, -0.05) is 13.8 Å². The van der Waals surface area contributed by atoms with Gasteiger partial charge in [0.2, 0.25) is 0 Å². The highest BCUT2D eigenvalue weighted by Gasteiger charge is 2.22. The highest BCUT2D eigenvalue weighted by molar-refractivity contribution is 7.99. The smallest absolute Gasteiger partial charge is 0.00696 e. The van der Waals surface area contributed by atoms with E-state index in [0.717, 1.165) is 18.5 Å². The van der Waals surface area contributed by atoms with E-state index in [4.69, 9.17) is 0 Å². The van der Waals surface area contributed by atoms with Gasteiger partial charge in [0.05, 0.1) is 0 Å². The van der Waals surface area contributed by atoms with Crippen LogP contribution < -0.4 is 5.32 Å². The van der Waals surface area contributed by atoms with Gasteiger partial charge in [-0.25, -0.2) is 0 Å². The van der Waals surface area contributed by atoms with E-state index in [-0.39, 0.29) is 0 Å². The van der Waals surface area contributed by atoms with Crippen molar-refractivity contribution in [2.45, 2.75) is 52.0 Å². The van der Waals surface area contributed by atoms with E-state index in [1.165, 1.54) is 43.6 Å². The Hall–Kier alpha value is 0.310. The van der Waals surface area contributed by atoms with Gasteiger partial charge in [0.1, 0.15) is 0 Å². The molecule has 0 aliphatic heterocycles. The largest absolute Gasteiger partial charge is 0.314 e. The Morgan fingerprint density at radius 2 is 2.14 bits per heavy atom. The molecular weight excluding hydrogens is 190 g/mol. The van der Waals surface area contributed by atoms with Crippen molar-refractivity contribution in [1.29, 1.82) is 0 Å². The van der Waals surface area contributed by atoms with Crippen LogP contribution in [0, 0.1) is 5.92 Å². The van der Waals surface area contributed by atoms with E-state index in [9.17, 15) is 0 Å². The van der Waals surface area contributed by atoms with Crippen LogP contribution in [-0.2, 0) is 0 Å². The molecule has 0 spiro atoms. The Bertz CT molecular complexity index is 138. The summed E-state index contributed by atoms with van der Waals surface area (Å²) >= 11 is 2.09. The molecule has 2 heteroatoms. The van der Waals surface area contributed by atoms with Crippen LogP contribution in [0.1, 0.15) is 46.0 Å². The maximum Gasteiger partial charge on any atom is 0.00696 e. The zero-order chi connectivity index (χ0) is 10.2. The van der Waals surface area contributed by atoms with Crippen LogP contribution >= 0.6 is 11.8 Å². The Labute approximate surface area is 93.4 Å². The fourth-order valence-corrected chi connectivity index (χ4v) is 3.09. The monoisotopic (exact) mass is 215 g/mol. The molecule has 2 atom stereocenters. The van der Waals surface area contributed by atoms with Gasteiger partial charge in [-0.2, -0.15) is 11.8 Å². The number of hydrogen-bond acceptors (Lipinski definition) is 2. The zero-order valence-electron chi connectivity index (χ0n) is 9.72. The summed E-state index contributed by atoms with van der Waals surface area (Å²) < 4.78 is 0. The minimum Gasteiger partial charge on any atom is -0.314 e. The van der Waals surface area contributed by atoms with Crippen molar-refractivity contribution < 1.29 is 0 Å². The molecule has 1 fully saturated rings. The Morgan fingerprint density at radius 3 is 2.86 bits per heavy atom. The van der Waals surface area contributed by atoms with Gasteiger partial charge >= 0.3 is 0 Å². The van der Waals surface area contributed by atoms with Crippen molar-refractivity contribution in [2.24, 2.45) is 5.92 Å². The standard InChI is InChI=1S/C12H25NS/c1-3-13-12-8-7-11(10-12)6-5-9-14-4-2/h11-13H,3-10H2,1-2H3. The first kappa shape index (κ1) is 12.4. The molecule has 1 aliphatic rings. The van der Waals surface area contributed by atoms with Crippen molar-refractivity contribution in [1.82, 2.24) is 5.32 Å². The highest BCUT2D eigenvalue weighted by Crippen LogP contribution is 2.29. The quantitative estimate of drug-likeness (QED) is 0.654. The van der Waals surface area contributed by atoms with Crippen molar-refractivity contribution in [3.8, 4) is 0 Å². The number of hydrogen-bond donors (Lipinski definition) is 1. The van der Waals surface area contributed by atoms with Crippen molar-refractivity contribution in [3.05, 3.63) is 0 Å². The maximum atomic E-state index is 3.57. The SMILES string of the molecule is CCNC1CCC(CCCSCC)C1. The fourth-order valence-electron chi connectivity index (χ4n) is 2.43. The molecule has 0 aromatic heterocycles. The van der Waals surface area contributed by atoms with Crippen LogP contribution in [0.3, 0.4) is 0 Å². The summed E-state index contributed by atoms with van der Waals surface area (Å²) in [4.78, 5) is 0. The third-order valence-corrected chi connectivity index (χ3v) is 4.12. The van der Waals surface area contributed by atoms with Crippen LogP contribution in [0.2, 0.25) is 0 Å². The summed E-state index contributed by atoms with van der Waals surface area (Å²) in [7, 11) is 0. The Balaban J connectivity index is 1.98. The molecule has 14 heavy (non-hydrogen) atoms. The molecule has 1 aliphatic carbocycles. The van der Waals surface area contributed by atoms with Crippen molar-refractivity contribution in [3.63, 3.8) is 0 Å². The molecule has 1 nitrogen and oxygen atoms in total. The molecule has 0 bridgehead atoms. The average Bonchev–Trinajstić information content (AvgIpc) is 2.61. The first-order chi connectivity index (χ1) is 6.86. The van der Waals surface area contributed by atoms with Crippen LogP contribution in [-0.4, -0.2) is 24.1 Å². The van der Waals surface area contributed by atoms with E-state index in [1.807, 2.05) is 0 Å². The van der Waals surface area contributed by atoms with Gasteiger partial charge in [0, 0.05) is 6.04 Å². The highest BCUT2D eigenvalue weighted by atomic mass is 32.2. The molecule has 0 saturated heterocycles. The second-order valence-electron chi connectivity index (χ2n) is 4.27. The molecular formula is C12H25NS. The van der Waals surface area contributed by atoms with Crippen LogP contribution in [0.15, 0.2) is 0 Å². The van der Waals surface area contributed by atoms with E-state index in [0.29, 0.717) is 0 Å². The molecule has 0 amide bonds. The normalized spacial score (nSPS) is 27.0. The molecule has 1 rings (SSSR count). The fraction of sp³-hybridized carbons (Fsp3) is 1.00. The first-order valence-corrected chi connectivity index (χ1v) is 7.33. The van der Waals surface area contributed by atoms with Crippen LogP contribution in [0.4, 0.5) is 0 Å². The summed E-state index contributed by atoms with van der Waals surface area (Å²) in [6.45, 7) is 5.61. The number of thioether (sulfide) groups is 1. The van der Waals surface area contributed by atoms with E-state index in [1.54, 1.807) is 0 Å². The number of nitrogens with one attached hydrogen (secondary N) is 1. The first-order valence-electron chi connectivity index (χ1n) is 6.18. The van der Waals surface area contributed by atoms with Gasteiger partial charge in [-0.05, 0) is 56.1 Å². The minimum atomic E-state index is 0.837. The van der Waals surface area contributed by atoms with Gasteiger partial charge < -0.3 is 5.32 Å². The summed E-state index contributed by atoms with van der Waals surface area (Å²) in [5, 5.41) is 3.57. The van der Waals surface area contributed by atoms with Crippen LogP contribution in [0.25, 0.3) is 0 Å². The average molecular weight is 215 g/mol. The summed E-state index contributed by atoms with van der Waals surface area (Å²) in [6, 6.07) is 0.837. The maximum absolute atomic E-state index is 3.57. The lowest BCUT2D eigenvalue weighted by atomic mass is 10.0. The van der Waals surface area contributed by atoms with E-state index >= 15 is 0 Å². The van der Waals surface area contributed by atoms with E-state index < -0.39 is 0 Å². The van der Waals surface area contributed by atoms with Gasteiger partial charge in [-0.15, -0.1) is 0 Å². The van der Waals surface area contributed by atoms with Crippen molar-refractivity contribution >= 4 is 11.8 Å². The second kappa shape index (κ2) is 7.58. The lowest BCUT2D eigenvalue weighted by Crippen LogP contribution is -2.25.